The van der Waals surface area contributed by atoms with Gasteiger partial charge in [0.15, 0.2) is 17.6 Å². The fourth-order valence-electron chi connectivity index (χ4n) is 2.27. The maximum atomic E-state index is 12.3. The smallest absolute Gasteiger partial charge is 0.339 e. The Morgan fingerprint density at radius 3 is 2.30 bits per heavy atom. The molecule has 1 amide bonds. The number of methoxy groups -OCH3 is 2. The molecule has 2 rings (SSSR count). The van der Waals surface area contributed by atoms with E-state index in [4.69, 9.17) is 18.9 Å². The molecule has 0 fully saturated rings. The van der Waals surface area contributed by atoms with E-state index in [1.54, 1.807) is 43.5 Å². The maximum absolute atomic E-state index is 12.3. The van der Waals surface area contributed by atoms with Crippen LogP contribution < -0.4 is 19.5 Å². The Balaban J connectivity index is 2.00. The lowest BCUT2D eigenvalue weighted by Crippen LogP contribution is -2.30. The van der Waals surface area contributed by atoms with Crippen molar-refractivity contribution in [1.82, 2.24) is 0 Å². The normalized spacial score (nSPS) is 11.3. The van der Waals surface area contributed by atoms with Crippen molar-refractivity contribution in [2.24, 2.45) is 0 Å². The monoisotopic (exact) mass is 373 g/mol. The summed E-state index contributed by atoms with van der Waals surface area (Å²) in [7, 11) is 3.04. The van der Waals surface area contributed by atoms with Crippen LogP contribution in [-0.4, -0.2) is 38.8 Å². The predicted molar refractivity (Wildman–Crippen MR) is 101 cm³/mol. The molecule has 0 radical (unpaired) electrons. The highest BCUT2D eigenvalue weighted by molar-refractivity contribution is 5.97. The van der Waals surface area contributed by atoms with Gasteiger partial charge in [-0.25, -0.2) is 4.79 Å². The molecule has 2 aromatic rings. The van der Waals surface area contributed by atoms with Gasteiger partial charge < -0.3 is 24.3 Å². The van der Waals surface area contributed by atoms with Crippen molar-refractivity contribution in [1.29, 1.82) is 0 Å². The Labute approximate surface area is 158 Å². The first-order valence-electron chi connectivity index (χ1n) is 8.45. The van der Waals surface area contributed by atoms with Crippen molar-refractivity contribution in [3.05, 3.63) is 48.0 Å². The lowest BCUT2D eigenvalue weighted by molar-refractivity contribution is -0.123. The first-order chi connectivity index (χ1) is 13.0. The van der Waals surface area contributed by atoms with Crippen molar-refractivity contribution < 1.29 is 28.5 Å². The van der Waals surface area contributed by atoms with Gasteiger partial charge in [0.1, 0.15) is 5.75 Å². The largest absolute Gasteiger partial charge is 0.497 e. The number of anilines is 1. The lowest BCUT2D eigenvalue weighted by Gasteiger charge is -2.15. The summed E-state index contributed by atoms with van der Waals surface area (Å²) in [5.41, 5.74) is 0.839. The average Bonchev–Trinajstić information content (AvgIpc) is 2.68. The fraction of sp³-hybridized carbons (Fsp3) is 0.300. The standard InChI is InChI=1S/C20H23NO6/c1-5-26-17-11-6-14(12-18(17)25-4)20(23)27-13(2)19(22)21-15-7-9-16(24-3)10-8-15/h6-13H,5H2,1-4H3,(H,21,22)/t13-/m1/s1. The summed E-state index contributed by atoms with van der Waals surface area (Å²) in [5.74, 6) is 0.556. The molecule has 0 saturated heterocycles. The number of carbonyl (C=O) groups is 2. The van der Waals surface area contributed by atoms with E-state index in [2.05, 4.69) is 5.32 Å². The Kier molecular flexibility index (Phi) is 7.05. The molecule has 0 heterocycles. The number of hydrogen-bond donors (Lipinski definition) is 1. The van der Waals surface area contributed by atoms with Crippen LogP contribution in [0.15, 0.2) is 42.5 Å². The number of rotatable bonds is 8. The molecule has 0 aromatic heterocycles. The Morgan fingerprint density at radius 2 is 1.70 bits per heavy atom. The average molecular weight is 373 g/mol. The molecule has 2 aromatic carbocycles. The highest BCUT2D eigenvalue weighted by Crippen LogP contribution is 2.28. The summed E-state index contributed by atoms with van der Waals surface area (Å²) in [5, 5.41) is 2.68. The molecular formula is C20H23NO6. The maximum Gasteiger partial charge on any atom is 0.339 e. The van der Waals surface area contributed by atoms with Crippen molar-refractivity contribution in [2.45, 2.75) is 20.0 Å². The zero-order valence-corrected chi connectivity index (χ0v) is 15.8. The van der Waals surface area contributed by atoms with E-state index in [-0.39, 0.29) is 5.56 Å². The van der Waals surface area contributed by atoms with E-state index in [1.165, 1.54) is 20.1 Å². The van der Waals surface area contributed by atoms with Crippen LogP contribution in [0.3, 0.4) is 0 Å². The van der Waals surface area contributed by atoms with Crippen molar-refractivity contribution in [3.8, 4) is 17.2 Å². The summed E-state index contributed by atoms with van der Waals surface area (Å²) in [4.78, 5) is 24.5. The molecule has 144 valence electrons. The zero-order chi connectivity index (χ0) is 19.8. The number of esters is 1. The number of benzene rings is 2. The Bertz CT molecular complexity index is 788. The molecule has 0 saturated carbocycles. The van der Waals surface area contributed by atoms with Crippen LogP contribution in [0.2, 0.25) is 0 Å². The summed E-state index contributed by atoms with van der Waals surface area (Å²) in [6.45, 7) is 3.83. The number of hydrogen-bond acceptors (Lipinski definition) is 6. The Morgan fingerprint density at radius 1 is 1.00 bits per heavy atom. The van der Waals surface area contributed by atoms with E-state index in [9.17, 15) is 9.59 Å². The lowest BCUT2D eigenvalue weighted by atomic mass is 10.2. The van der Waals surface area contributed by atoms with Gasteiger partial charge >= 0.3 is 5.97 Å². The number of carbonyl (C=O) groups excluding carboxylic acids is 2. The van der Waals surface area contributed by atoms with E-state index in [0.29, 0.717) is 29.5 Å². The molecule has 7 nitrogen and oxygen atoms in total. The number of nitrogens with one attached hydrogen (secondary N) is 1. The van der Waals surface area contributed by atoms with Crippen LogP contribution in [0.25, 0.3) is 0 Å². The SMILES string of the molecule is CCOc1ccc(C(=O)O[C@H](C)C(=O)Nc2ccc(OC)cc2)cc1OC. The van der Waals surface area contributed by atoms with E-state index in [0.717, 1.165) is 0 Å². The van der Waals surface area contributed by atoms with Gasteiger partial charge in [-0.1, -0.05) is 0 Å². The molecular weight excluding hydrogens is 350 g/mol. The van der Waals surface area contributed by atoms with Crippen LogP contribution in [-0.2, 0) is 9.53 Å². The minimum Gasteiger partial charge on any atom is -0.497 e. The van der Waals surface area contributed by atoms with Crippen molar-refractivity contribution >= 4 is 17.6 Å². The molecule has 0 unspecified atom stereocenters. The molecule has 0 bridgehead atoms. The van der Waals surface area contributed by atoms with E-state index in [1.807, 2.05) is 6.92 Å². The third-order valence-electron chi connectivity index (χ3n) is 3.71. The quantitative estimate of drug-likeness (QED) is 0.715. The molecule has 1 N–H and O–H groups in total. The molecule has 0 aliphatic rings. The first kappa shape index (κ1) is 20.1. The second-order valence-electron chi connectivity index (χ2n) is 5.56. The predicted octanol–water partition coefficient (Wildman–Crippen LogP) is 3.29. The summed E-state index contributed by atoms with van der Waals surface area (Å²) in [6, 6.07) is 11.5. The molecule has 7 heteroatoms. The fourth-order valence-corrected chi connectivity index (χ4v) is 2.27. The van der Waals surface area contributed by atoms with Gasteiger partial charge in [0.05, 0.1) is 26.4 Å². The van der Waals surface area contributed by atoms with Crippen LogP contribution >= 0.6 is 0 Å². The van der Waals surface area contributed by atoms with Gasteiger partial charge in [0.2, 0.25) is 0 Å². The molecule has 0 spiro atoms. The van der Waals surface area contributed by atoms with Gasteiger partial charge in [-0.05, 0) is 56.3 Å². The van der Waals surface area contributed by atoms with Gasteiger partial charge in [-0.15, -0.1) is 0 Å². The van der Waals surface area contributed by atoms with Crippen LogP contribution in [0.1, 0.15) is 24.2 Å². The topological polar surface area (TPSA) is 83.1 Å². The molecule has 27 heavy (non-hydrogen) atoms. The van der Waals surface area contributed by atoms with Gasteiger partial charge in [-0.2, -0.15) is 0 Å². The third-order valence-corrected chi connectivity index (χ3v) is 3.71. The van der Waals surface area contributed by atoms with Crippen molar-refractivity contribution in [2.75, 3.05) is 26.1 Å². The number of amides is 1. The minimum absolute atomic E-state index is 0.263. The highest BCUT2D eigenvalue weighted by Gasteiger charge is 2.20. The van der Waals surface area contributed by atoms with E-state index >= 15 is 0 Å². The van der Waals surface area contributed by atoms with Gasteiger partial charge in [0.25, 0.3) is 5.91 Å². The minimum atomic E-state index is -0.975. The summed E-state index contributed by atoms with van der Waals surface area (Å²) >= 11 is 0. The van der Waals surface area contributed by atoms with Crippen LogP contribution in [0.4, 0.5) is 5.69 Å². The number of ether oxygens (including phenoxy) is 4. The first-order valence-corrected chi connectivity index (χ1v) is 8.45. The van der Waals surface area contributed by atoms with Crippen LogP contribution in [0, 0.1) is 0 Å². The second-order valence-corrected chi connectivity index (χ2v) is 5.56. The van der Waals surface area contributed by atoms with Crippen LogP contribution in [0.5, 0.6) is 17.2 Å². The molecule has 0 aliphatic heterocycles. The molecule has 1 atom stereocenters. The van der Waals surface area contributed by atoms with Crippen molar-refractivity contribution in [3.63, 3.8) is 0 Å². The van der Waals surface area contributed by atoms with E-state index < -0.39 is 18.0 Å². The highest BCUT2D eigenvalue weighted by atomic mass is 16.5. The third kappa shape index (κ3) is 5.37. The Hall–Kier alpha value is -3.22. The summed E-state index contributed by atoms with van der Waals surface area (Å²) in [6.07, 6.45) is -0.975. The second kappa shape index (κ2) is 9.47. The zero-order valence-electron chi connectivity index (χ0n) is 15.8. The summed E-state index contributed by atoms with van der Waals surface area (Å²) < 4.78 is 20.9. The van der Waals surface area contributed by atoms with Gasteiger partial charge in [-0.3, -0.25) is 4.79 Å². The van der Waals surface area contributed by atoms with Gasteiger partial charge in [0, 0.05) is 5.69 Å². The molecule has 0 aliphatic carbocycles.